The van der Waals surface area contributed by atoms with Crippen molar-refractivity contribution in [2.24, 2.45) is 7.05 Å². The number of anilines is 1. The van der Waals surface area contributed by atoms with Gasteiger partial charge >= 0.3 is 11.7 Å². The summed E-state index contributed by atoms with van der Waals surface area (Å²) in [6.45, 7) is 0.957. The molecule has 10 heteroatoms. The molecule has 4 aromatic rings. The zero-order valence-corrected chi connectivity index (χ0v) is 19.7. The van der Waals surface area contributed by atoms with Crippen molar-refractivity contribution in [3.05, 3.63) is 103 Å². The van der Waals surface area contributed by atoms with Gasteiger partial charge in [0.05, 0.1) is 23.3 Å². The number of hydrogen-bond acceptors (Lipinski definition) is 7. The number of ketones is 1. The summed E-state index contributed by atoms with van der Waals surface area (Å²) in [5, 5.41) is 1.11. The molecule has 0 radical (unpaired) electrons. The Bertz CT molecular complexity index is 1590. The van der Waals surface area contributed by atoms with Crippen LogP contribution in [0.2, 0.25) is 5.02 Å². The lowest BCUT2D eigenvalue weighted by Gasteiger charge is -2.15. The maximum Gasteiger partial charge on any atom is 0.340 e. The smallest absolute Gasteiger partial charge is 0.340 e. The largest absolute Gasteiger partial charge is 0.454 e. The lowest BCUT2D eigenvalue weighted by Crippen LogP contribution is -2.43. The Morgan fingerprint density at radius 2 is 1.80 bits per heavy atom. The van der Waals surface area contributed by atoms with E-state index in [1.807, 2.05) is 6.07 Å². The summed E-state index contributed by atoms with van der Waals surface area (Å²) in [6, 6.07) is 15.6. The zero-order chi connectivity index (χ0) is 25.3. The van der Waals surface area contributed by atoms with Gasteiger partial charge in [0.15, 0.2) is 6.61 Å². The molecule has 178 valence electrons. The van der Waals surface area contributed by atoms with Gasteiger partial charge in [0.2, 0.25) is 5.78 Å². The van der Waals surface area contributed by atoms with E-state index in [1.165, 1.54) is 7.05 Å². The Kier molecular flexibility index (Phi) is 6.52. The number of rotatable bonds is 6. The van der Waals surface area contributed by atoms with Crippen LogP contribution in [0.3, 0.4) is 0 Å². The molecule has 0 atom stereocenters. The summed E-state index contributed by atoms with van der Waals surface area (Å²) in [5.74, 6) is -1.91. The lowest BCUT2D eigenvalue weighted by atomic mass is 10.1. The summed E-state index contributed by atoms with van der Waals surface area (Å²) in [7, 11) is 1.25. The number of esters is 1. The molecular formula is C25H21ClN4O5. The second kappa shape index (κ2) is 9.55. The molecule has 2 N–H and O–H groups in total. The molecular weight excluding hydrogens is 472 g/mol. The summed E-state index contributed by atoms with van der Waals surface area (Å²) < 4.78 is 7.12. The summed E-state index contributed by atoms with van der Waals surface area (Å²) in [6.07, 6.45) is 0. The molecule has 2 heterocycles. The third kappa shape index (κ3) is 4.71. The van der Waals surface area contributed by atoms with Crippen molar-refractivity contribution < 1.29 is 14.3 Å². The SMILES string of the molecule is Cc1nc2ccc(Cl)cc2cc1C(=O)OCC(=O)c1c(N)n(Cc2ccccc2)c(=O)n(C)c1=O. The average molecular weight is 493 g/mol. The highest BCUT2D eigenvalue weighted by molar-refractivity contribution is 6.31. The number of ether oxygens (including phenoxy) is 1. The zero-order valence-electron chi connectivity index (χ0n) is 18.9. The summed E-state index contributed by atoms with van der Waals surface area (Å²) in [5.41, 5.74) is 6.10. The number of nitrogens with two attached hydrogens (primary N) is 1. The molecule has 9 nitrogen and oxygen atoms in total. The van der Waals surface area contributed by atoms with Gasteiger partial charge in [0.1, 0.15) is 11.4 Å². The molecule has 0 aliphatic heterocycles. The van der Waals surface area contributed by atoms with E-state index in [-0.39, 0.29) is 17.9 Å². The Morgan fingerprint density at radius 3 is 2.51 bits per heavy atom. The molecule has 2 aromatic heterocycles. The Labute approximate surface area is 204 Å². The number of halogens is 1. The van der Waals surface area contributed by atoms with E-state index in [2.05, 4.69) is 4.98 Å². The number of fused-ring (bicyclic) bond motifs is 1. The number of aryl methyl sites for hydroxylation is 1. The maximum absolute atomic E-state index is 12.9. The van der Waals surface area contributed by atoms with Crippen molar-refractivity contribution in [1.29, 1.82) is 0 Å². The first-order valence-corrected chi connectivity index (χ1v) is 11.0. The van der Waals surface area contributed by atoms with Crippen molar-refractivity contribution >= 4 is 40.1 Å². The van der Waals surface area contributed by atoms with Gasteiger partial charge in [-0.3, -0.25) is 23.7 Å². The Morgan fingerprint density at radius 1 is 1.09 bits per heavy atom. The topological polar surface area (TPSA) is 126 Å². The molecule has 0 aliphatic rings. The molecule has 0 unspecified atom stereocenters. The quantitative estimate of drug-likeness (QED) is 0.324. The molecule has 0 fully saturated rings. The van der Waals surface area contributed by atoms with Crippen LogP contribution in [0.15, 0.2) is 64.2 Å². The highest BCUT2D eigenvalue weighted by atomic mass is 35.5. The van der Waals surface area contributed by atoms with Crippen LogP contribution in [0.1, 0.15) is 32.0 Å². The second-order valence-corrected chi connectivity index (χ2v) is 8.37. The number of carbonyl (C=O) groups is 2. The first kappa shape index (κ1) is 23.9. The van der Waals surface area contributed by atoms with Gasteiger partial charge in [-0.2, -0.15) is 0 Å². The van der Waals surface area contributed by atoms with Gasteiger partial charge < -0.3 is 10.5 Å². The number of Topliss-reactive ketones (excluding diaryl/α,β-unsaturated/α-hetero) is 1. The Balaban J connectivity index is 1.61. The van der Waals surface area contributed by atoms with Crippen molar-refractivity contribution in [3.63, 3.8) is 0 Å². The molecule has 0 spiro atoms. The fourth-order valence-corrected chi connectivity index (χ4v) is 3.88. The van der Waals surface area contributed by atoms with Crippen molar-refractivity contribution in [2.75, 3.05) is 12.3 Å². The molecule has 0 amide bonds. The first-order valence-electron chi connectivity index (χ1n) is 10.6. The number of nitrogen functional groups attached to an aromatic ring is 1. The van der Waals surface area contributed by atoms with Crippen LogP contribution in [-0.2, 0) is 18.3 Å². The van der Waals surface area contributed by atoms with Crippen LogP contribution in [0, 0.1) is 6.92 Å². The predicted molar refractivity (Wildman–Crippen MR) is 132 cm³/mol. The van der Waals surface area contributed by atoms with Gasteiger partial charge in [-0.1, -0.05) is 41.9 Å². The van der Waals surface area contributed by atoms with E-state index in [0.717, 1.165) is 14.7 Å². The number of benzene rings is 2. The van der Waals surface area contributed by atoms with Gasteiger partial charge in [0.25, 0.3) is 5.56 Å². The lowest BCUT2D eigenvalue weighted by molar-refractivity contribution is 0.0473. The van der Waals surface area contributed by atoms with Crippen molar-refractivity contribution in [2.45, 2.75) is 13.5 Å². The van der Waals surface area contributed by atoms with E-state index in [0.29, 0.717) is 21.6 Å². The minimum absolute atomic E-state index is 0.0597. The van der Waals surface area contributed by atoms with E-state index >= 15 is 0 Å². The Hall–Kier alpha value is -4.24. The van der Waals surface area contributed by atoms with Gasteiger partial charge in [-0.15, -0.1) is 0 Å². The summed E-state index contributed by atoms with van der Waals surface area (Å²) >= 11 is 6.02. The molecule has 0 saturated heterocycles. The van der Waals surface area contributed by atoms with Crippen molar-refractivity contribution in [3.8, 4) is 0 Å². The van der Waals surface area contributed by atoms with Gasteiger partial charge in [-0.05, 0) is 36.8 Å². The predicted octanol–water partition coefficient (Wildman–Crippen LogP) is 2.73. The second-order valence-electron chi connectivity index (χ2n) is 7.94. The minimum Gasteiger partial charge on any atom is -0.454 e. The number of nitrogens with zero attached hydrogens (tertiary/aromatic N) is 3. The highest BCUT2D eigenvalue weighted by Gasteiger charge is 2.23. The first-order chi connectivity index (χ1) is 16.7. The fourth-order valence-electron chi connectivity index (χ4n) is 3.70. The van der Waals surface area contributed by atoms with E-state index < -0.39 is 35.2 Å². The molecule has 0 bridgehead atoms. The average Bonchev–Trinajstić information content (AvgIpc) is 2.84. The standard InChI is InChI=1S/C25H21ClN4O5/c1-14-18(11-16-10-17(26)8-9-19(16)28-14)24(33)35-13-20(31)21-22(27)30(25(34)29(2)23(21)32)12-15-6-4-3-5-7-15/h3-11H,12-13,27H2,1-2H3. The van der Waals surface area contributed by atoms with Crippen LogP contribution >= 0.6 is 11.6 Å². The number of pyridine rings is 1. The van der Waals surface area contributed by atoms with Crippen molar-refractivity contribution in [1.82, 2.24) is 14.1 Å². The number of aromatic nitrogens is 3. The van der Waals surface area contributed by atoms with E-state index in [1.54, 1.807) is 55.5 Å². The molecule has 2 aromatic carbocycles. The normalized spacial score (nSPS) is 10.9. The van der Waals surface area contributed by atoms with E-state index in [4.69, 9.17) is 22.1 Å². The van der Waals surface area contributed by atoms with Crippen LogP contribution in [0.4, 0.5) is 5.82 Å². The molecule has 0 aliphatic carbocycles. The third-order valence-electron chi connectivity index (χ3n) is 5.57. The van der Waals surface area contributed by atoms with Crippen LogP contribution in [-0.4, -0.2) is 32.5 Å². The van der Waals surface area contributed by atoms with Crippen LogP contribution < -0.4 is 17.0 Å². The third-order valence-corrected chi connectivity index (χ3v) is 5.80. The van der Waals surface area contributed by atoms with Crippen LogP contribution in [0.25, 0.3) is 10.9 Å². The maximum atomic E-state index is 12.9. The molecule has 0 saturated carbocycles. The fraction of sp³-hybridized carbons (Fsp3) is 0.160. The number of carbonyl (C=O) groups excluding carboxylic acids is 2. The molecule has 4 rings (SSSR count). The molecule has 35 heavy (non-hydrogen) atoms. The summed E-state index contributed by atoms with van der Waals surface area (Å²) in [4.78, 5) is 55.3. The van der Waals surface area contributed by atoms with E-state index in [9.17, 15) is 19.2 Å². The number of hydrogen-bond donors (Lipinski definition) is 1. The van der Waals surface area contributed by atoms with Gasteiger partial charge in [0, 0.05) is 17.5 Å². The highest BCUT2D eigenvalue weighted by Crippen LogP contribution is 2.21. The van der Waals surface area contributed by atoms with Crippen LogP contribution in [0.5, 0.6) is 0 Å². The minimum atomic E-state index is -0.865. The monoisotopic (exact) mass is 492 g/mol. The van der Waals surface area contributed by atoms with Gasteiger partial charge in [-0.25, -0.2) is 9.59 Å².